The van der Waals surface area contributed by atoms with Gasteiger partial charge in [0.2, 0.25) is 5.91 Å². The first-order chi connectivity index (χ1) is 21.4. The number of H-pyrrole nitrogens is 1. The van der Waals surface area contributed by atoms with Crippen molar-refractivity contribution in [2.45, 2.75) is 56.7 Å². The average Bonchev–Trinajstić information content (AvgIpc) is 3.61. The highest BCUT2D eigenvalue weighted by molar-refractivity contribution is 6.71. The highest BCUT2D eigenvalue weighted by Gasteiger charge is 2.66. The molecule has 1 spiro atoms. The molecule has 1 saturated heterocycles. The van der Waals surface area contributed by atoms with E-state index in [0.717, 1.165) is 22.0 Å². The number of non-ortho nitro benzene ring substituents is 1. The lowest BCUT2D eigenvalue weighted by molar-refractivity contribution is -0.385. The first-order valence-electron chi connectivity index (χ1n) is 15.0. The summed E-state index contributed by atoms with van der Waals surface area (Å²) >= 11 is 0. The Bertz CT molecular complexity index is 1780. The highest BCUT2D eigenvalue weighted by atomic mass is 28.4. The number of nitrogens with one attached hydrogen (secondary N) is 2. The molecular weight excluding hydrogens is 592 g/mol. The Morgan fingerprint density at radius 1 is 1.16 bits per heavy atom. The third-order valence-corrected chi connectivity index (χ3v) is 11.7. The number of nitrogens with zero attached hydrogens (tertiary/aromatic N) is 2. The molecule has 0 unspecified atom stereocenters. The number of amides is 2. The van der Waals surface area contributed by atoms with Crippen LogP contribution < -0.4 is 10.2 Å². The number of fused-ring (bicyclic) bond motifs is 3. The quantitative estimate of drug-likeness (QED) is 0.116. The van der Waals surface area contributed by atoms with E-state index in [-0.39, 0.29) is 49.0 Å². The van der Waals surface area contributed by atoms with Gasteiger partial charge in [0.15, 0.2) is 13.9 Å². The molecule has 4 N–H and O–H groups in total. The van der Waals surface area contributed by atoms with E-state index < -0.39 is 30.9 Å². The molecule has 0 radical (unpaired) electrons. The topological polar surface area (TPSA) is 158 Å². The van der Waals surface area contributed by atoms with E-state index >= 15 is 0 Å². The number of hydrogen-bond donors (Lipinski definition) is 4. The number of ether oxygens (including phenoxy) is 1. The zero-order valence-corrected chi connectivity index (χ0v) is 26.3. The summed E-state index contributed by atoms with van der Waals surface area (Å²) in [6, 6.07) is 19.4. The van der Waals surface area contributed by atoms with Crippen molar-refractivity contribution >= 4 is 48.1 Å². The zero-order chi connectivity index (χ0) is 32.1. The maximum atomic E-state index is 14.4. The summed E-state index contributed by atoms with van der Waals surface area (Å²) in [6.45, 7) is 5.41. The molecule has 1 fully saturated rings. The fraction of sp³-hybridized carbons (Fsp3) is 0.333. The van der Waals surface area contributed by atoms with Gasteiger partial charge in [-0.05, 0) is 54.9 Å². The number of nitro benzene ring substituents is 1. The number of nitro groups is 1. The molecule has 11 nitrogen and oxygen atoms in total. The summed E-state index contributed by atoms with van der Waals surface area (Å²) in [5.74, 6) is -1.01. The van der Waals surface area contributed by atoms with Crippen LogP contribution in [0.2, 0.25) is 18.6 Å². The van der Waals surface area contributed by atoms with Gasteiger partial charge in [-0.15, -0.1) is 0 Å². The minimum atomic E-state index is -2.90. The van der Waals surface area contributed by atoms with Crippen molar-refractivity contribution in [1.82, 2.24) is 4.98 Å². The molecule has 2 aliphatic heterocycles. The van der Waals surface area contributed by atoms with Crippen molar-refractivity contribution in [3.63, 3.8) is 0 Å². The summed E-state index contributed by atoms with van der Waals surface area (Å²) in [5.41, 5.74) is 2.11. The van der Waals surface area contributed by atoms with Gasteiger partial charge in [0.1, 0.15) is 0 Å². The number of para-hydroxylation sites is 1. The first-order valence-corrected chi connectivity index (χ1v) is 18.0. The number of rotatable bonds is 9. The van der Waals surface area contributed by atoms with Crippen LogP contribution in [0, 0.1) is 16.0 Å². The molecule has 2 aliphatic rings. The number of aromatic amines is 1. The molecular formula is C33H36N4O7Si. The summed E-state index contributed by atoms with van der Waals surface area (Å²) in [5, 5.41) is 25.5. The number of carbonyl (C=O) groups excluding carboxylic acids is 2. The number of aromatic nitrogens is 1. The second-order valence-corrected chi connectivity index (χ2v) is 16.5. The molecule has 4 atom stereocenters. The number of anilines is 2. The predicted molar refractivity (Wildman–Crippen MR) is 172 cm³/mol. The van der Waals surface area contributed by atoms with Crippen LogP contribution in [0.5, 0.6) is 0 Å². The molecule has 0 aliphatic carbocycles. The van der Waals surface area contributed by atoms with Gasteiger partial charge in [0, 0.05) is 58.5 Å². The van der Waals surface area contributed by atoms with E-state index in [9.17, 15) is 29.6 Å². The molecule has 3 aromatic carbocycles. The number of aliphatic hydroxyl groups is 1. The minimum Gasteiger partial charge on any atom is -0.432 e. The number of hydrogen-bond acceptors (Lipinski definition) is 7. The largest absolute Gasteiger partial charge is 0.432 e. The fourth-order valence-corrected chi connectivity index (χ4v) is 9.87. The van der Waals surface area contributed by atoms with Gasteiger partial charge < -0.3 is 29.8 Å². The third kappa shape index (κ3) is 5.33. The SMILES string of the molecule is C[C@H]1[C@H]([Si](C)(C)O)[C@@H](CCO)O[C@]12C(=O)N(Cc1ccc(NC(=O)Cc3c[nH]c4ccccc34)cc1)c1ccc([N+](=O)[O-])cc12. The lowest BCUT2D eigenvalue weighted by atomic mass is 9.82. The molecule has 2 amide bonds. The maximum Gasteiger partial charge on any atom is 0.269 e. The van der Waals surface area contributed by atoms with Crippen molar-refractivity contribution in [1.29, 1.82) is 0 Å². The molecule has 234 valence electrons. The predicted octanol–water partition coefficient (Wildman–Crippen LogP) is 4.98. The van der Waals surface area contributed by atoms with Gasteiger partial charge >= 0.3 is 0 Å². The molecule has 12 heteroatoms. The van der Waals surface area contributed by atoms with Crippen LogP contribution in [0.15, 0.2) is 72.9 Å². The fourth-order valence-electron chi connectivity index (χ4n) is 7.27. The second-order valence-electron chi connectivity index (χ2n) is 12.5. The molecule has 0 saturated carbocycles. The van der Waals surface area contributed by atoms with Gasteiger partial charge in [-0.1, -0.05) is 37.3 Å². The molecule has 45 heavy (non-hydrogen) atoms. The molecule has 6 rings (SSSR count). The molecule has 3 heterocycles. The van der Waals surface area contributed by atoms with Crippen LogP contribution in [0.3, 0.4) is 0 Å². The Morgan fingerprint density at radius 2 is 1.89 bits per heavy atom. The maximum absolute atomic E-state index is 14.4. The number of benzene rings is 3. The van der Waals surface area contributed by atoms with Crippen molar-refractivity contribution in [2.75, 3.05) is 16.8 Å². The average molecular weight is 629 g/mol. The number of aliphatic hydroxyl groups excluding tert-OH is 1. The summed E-state index contributed by atoms with van der Waals surface area (Å²) in [4.78, 5) is 54.5. The Balaban J connectivity index is 1.25. The van der Waals surface area contributed by atoms with E-state index in [1.54, 1.807) is 36.2 Å². The lowest BCUT2D eigenvalue weighted by Crippen LogP contribution is -2.46. The summed E-state index contributed by atoms with van der Waals surface area (Å²) in [7, 11) is -2.90. The van der Waals surface area contributed by atoms with Crippen LogP contribution >= 0.6 is 0 Å². The Morgan fingerprint density at radius 3 is 2.58 bits per heavy atom. The van der Waals surface area contributed by atoms with Gasteiger partial charge in [0.25, 0.3) is 11.6 Å². The molecule has 1 aromatic heterocycles. The van der Waals surface area contributed by atoms with E-state index in [4.69, 9.17) is 4.74 Å². The zero-order valence-electron chi connectivity index (χ0n) is 25.3. The van der Waals surface area contributed by atoms with Crippen molar-refractivity contribution in [2.24, 2.45) is 5.92 Å². The van der Waals surface area contributed by atoms with Crippen molar-refractivity contribution in [3.8, 4) is 0 Å². The number of carbonyl (C=O) groups is 2. The van der Waals surface area contributed by atoms with E-state index in [1.807, 2.05) is 49.5 Å². The van der Waals surface area contributed by atoms with Crippen LogP contribution in [0.1, 0.15) is 30.0 Å². The lowest BCUT2D eigenvalue weighted by Gasteiger charge is -2.32. The van der Waals surface area contributed by atoms with Crippen LogP contribution in [-0.4, -0.2) is 52.7 Å². The smallest absolute Gasteiger partial charge is 0.269 e. The van der Waals surface area contributed by atoms with Gasteiger partial charge in [0.05, 0.1) is 29.7 Å². The van der Waals surface area contributed by atoms with E-state index in [2.05, 4.69) is 10.3 Å². The molecule has 0 bridgehead atoms. The van der Waals surface area contributed by atoms with Crippen LogP contribution in [0.25, 0.3) is 10.9 Å². The Labute approximate surface area is 261 Å². The standard InChI is InChI=1S/C33H36N4O7Si/c1-20-31(45(2,3)43)29(14-15-38)44-33(20)26-17-24(37(41)42)12-13-28(26)36(32(33)40)19-21-8-10-23(11-9-21)35-30(39)16-22-18-34-27-7-5-4-6-25(22)27/h4-13,17-18,20,29,31,34,38,43H,14-16,19H2,1-3H3,(H,35,39)/t20-,29+,31-,33+/m0/s1. The monoisotopic (exact) mass is 628 g/mol. The van der Waals surface area contributed by atoms with Gasteiger partial charge in [-0.3, -0.25) is 19.7 Å². The highest BCUT2D eigenvalue weighted by Crippen LogP contribution is 2.60. The normalized spacial score (nSPS) is 22.7. The van der Waals surface area contributed by atoms with E-state index in [0.29, 0.717) is 16.9 Å². The molecule has 4 aromatic rings. The van der Waals surface area contributed by atoms with E-state index in [1.165, 1.54) is 12.1 Å². The minimum absolute atomic E-state index is 0.158. The van der Waals surface area contributed by atoms with Gasteiger partial charge in [-0.2, -0.15) is 0 Å². The van der Waals surface area contributed by atoms with Crippen molar-refractivity contribution < 1.29 is 29.2 Å². The first kappa shape index (κ1) is 30.7. The Hall–Kier alpha value is -4.36. The summed E-state index contributed by atoms with van der Waals surface area (Å²) < 4.78 is 6.53. The third-order valence-electron chi connectivity index (χ3n) is 9.20. The summed E-state index contributed by atoms with van der Waals surface area (Å²) in [6.07, 6.45) is 1.70. The van der Waals surface area contributed by atoms with Crippen molar-refractivity contribution in [3.05, 3.63) is 99.7 Å². The van der Waals surface area contributed by atoms with Crippen LogP contribution in [-0.2, 0) is 32.9 Å². The van der Waals surface area contributed by atoms with Gasteiger partial charge in [-0.25, -0.2) is 0 Å². The van der Waals surface area contributed by atoms with Crippen LogP contribution in [0.4, 0.5) is 17.1 Å². The Kier molecular flexibility index (Phi) is 7.85. The second kappa shape index (κ2) is 11.5.